The molecule has 8 heteroatoms. The van der Waals surface area contributed by atoms with E-state index in [-0.39, 0.29) is 20.5 Å². The third-order valence-corrected chi connectivity index (χ3v) is 4.47. The molecule has 110 valence electrons. The molecule has 0 spiro atoms. The molecule has 1 aromatic carbocycles. The number of rotatable bonds is 4. The SMILES string of the molecule is O=C(N[C@@H](C(=O)O)c1ccccc1Cl)c1cc(Cl)sc1Cl. The number of carbonyl (C=O) groups is 2. The van der Waals surface area contributed by atoms with Crippen LogP contribution in [0.3, 0.4) is 0 Å². The first-order valence-electron chi connectivity index (χ1n) is 5.63. The summed E-state index contributed by atoms with van der Waals surface area (Å²) in [6.45, 7) is 0. The second-order valence-electron chi connectivity index (χ2n) is 4.00. The summed E-state index contributed by atoms with van der Waals surface area (Å²) < 4.78 is 0.538. The Hall–Kier alpha value is -1.27. The fourth-order valence-corrected chi connectivity index (χ4v) is 3.39. The molecule has 2 aromatic rings. The van der Waals surface area contributed by atoms with Gasteiger partial charge in [0.15, 0.2) is 6.04 Å². The molecule has 0 saturated carbocycles. The first-order valence-corrected chi connectivity index (χ1v) is 7.58. The van der Waals surface area contributed by atoms with Crippen molar-refractivity contribution in [2.45, 2.75) is 6.04 Å². The largest absolute Gasteiger partial charge is 0.479 e. The minimum atomic E-state index is -1.28. The van der Waals surface area contributed by atoms with Crippen LogP contribution < -0.4 is 5.32 Å². The van der Waals surface area contributed by atoms with Crippen LogP contribution in [-0.4, -0.2) is 17.0 Å². The van der Waals surface area contributed by atoms with Gasteiger partial charge in [0, 0.05) is 10.6 Å². The van der Waals surface area contributed by atoms with E-state index in [2.05, 4.69) is 5.32 Å². The number of halogens is 3. The van der Waals surface area contributed by atoms with Crippen molar-refractivity contribution < 1.29 is 14.7 Å². The lowest BCUT2D eigenvalue weighted by molar-refractivity contribution is -0.139. The van der Waals surface area contributed by atoms with Gasteiger partial charge < -0.3 is 10.4 Å². The normalized spacial score (nSPS) is 12.0. The standard InChI is InChI=1S/C13H8Cl3NO3S/c14-8-4-2-1-3-6(8)10(13(19)20)17-12(18)7-5-9(15)21-11(7)16/h1-5,10H,(H,17,18)(H,19,20)/t10-/m1/s1. The van der Waals surface area contributed by atoms with E-state index in [9.17, 15) is 14.7 Å². The predicted molar refractivity (Wildman–Crippen MR) is 83.6 cm³/mol. The van der Waals surface area contributed by atoms with E-state index in [0.29, 0.717) is 4.34 Å². The molecule has 2 N–H and O–H groups in total. The number of amides is 1. The number of hydrogen-bond acceptors (Lipinski definition) is 3. The molecule has 0 bridgehead atoms. The predicted octanol–water partition coefficient (Wildman–Crippen LogP) is 4.26. The molecule has 4 nitrogen and oxygen atoms in total. The lowest BCUT2D eigenvalue weighted by atomic mass is 10.1. The van der Waals surface area contributed by atoms with Gasteiger partial charge in [0.1, 0.15) is 4.34 Å². The summed E-state index contributed by atoms with van der Waals surface area (Å²) in [4.78, 5) is 23.5. The van der Waals surface area contributed by atoms with Crippen molar-refractivity contribution in [2.24, 2.45) is 0 Å². The van der Waals surface area contributed by atoms with Crippen LogP contribution in [0.15, 0.2) is 30.3 Å². The molecular weight excluding hydrogens is 357 g/mol. The van der Waals surface area contributed by atoms with Crippen LogP contribution in [0, 0.1) is 0 Å². The zero-order valence-electron chi connectivity index (χ0n) is 10.3. The molecule has 0 radical (unpaired) electrons. The van der Waals surface area contributed by atoms with E-state index >= 15 is 0 Å². The molecule has 1 heterocycles. The molecule has 21 heavy (non-hydrogen) atoms. The zero-order chi connectivity index (χ0) is 15.6. The molecule has 0 aliphatic rings. The minimum absolute atomic E-state index is 0.130. The molecule has 0 fully saturated rings. The van der Waals surface area contributed by atoms with Gasteiger partial charge >= 0.3 is 5.97 Å². The highest BCUT2D eigenvalue weighted by Gasteiger charge is 2.26. The van der Waals surface area contributed by atoms with E-state index in [4.69, 9.17) is 34.8 Å². The highest BCUT2D eigenvalue weighted by atomic mass is 35.5. The number of carbonyl (C=O) groups excluding carboxylic acids is 1. The first kappa shape index (κ1) is 16.1. The molecule has 1 aromatic heterocycles. The van der Waals surface area contributed by atoms with E-state index in [0.717, 1.165) is 11.3 Å². The summed E-state index contributed by atoms with van der Waals surface area (Å²) >= 11 is 18.6. The molecule has 0 aliphatic carbocycles. The van der Waals surface area contributed by atoms with Gasteiger partial charge in [0.25, 0.3) is 5.91 Å². The summed E-state index contributed by atoms with van der Waals surface area (Å²) in [5.41, 5.74) is 0.419. The first-order chi connectivity index (χ1) is 9.90. The van der Waals surface area contributed by atoms with Crippen molar-refractivity contribution >= 4 is 58.0 Å². The number of aliphatic carboxylic acids is 1. The topological polar surface area (TPSA) is 66.4 Å². The molecule has 0 saturated heterocycles. The zero-order valence-corrected chi connectivity index (χ0v) is 13.4. The van der Waals surface area contributed by atoms with Gasteiger partial charge in [-0.25, -0.2) is 4.79 Å². The lowest BCUT2D eigenvalue weighted by Crippen LogP contribution is -2.33. The monoisotopic (exact) mass is 363 g/mol. The average Bonchev–Trinajstić information content (AvgIpc) is 2.75. The molecule has 2 rings (SSSR count). The van der Waals surface area contributed by atoms with Gasteiger partial charge in [0.2, 0.25) is 0 Å². The molecule has 1 amide bonds. The summed E-state index contributed by atoms with van der Waals surface area (Å²) in [5.74, 6) is -1.86. The number of hydrogen-bond donors (Lipinski definition) is 2. The van der Waals surface area contributed by atoms with Crippen molar-refractivity contribution in [1.29, 1.82) is 0 Å². The third-order valence-electron chi connectivity index (χ3n) is 2.64. The quantitative estimate of drug-likeness (QED) is 0.851. The Labute approximate surface area is 139 Å². The molecule has 0 unspecified atom stereocenters. The van der Waals surface area contributed by atoms with Crippen LogP contribution in [0.2, 0.25) is 13.7 Å². The van der Waals surface area contributed by atoms with Crippen molar-refractivity contribution in [3.05, 3.63) is 55.2 Å². The highest BCUT2D eigenvalue weighted by molar-refractivity contribution is 7.20. The second-order valence-corrected chi connectivity index (χ2v) is 6.70. The van der Waals surface area contributed by atoms with E-state index in [1.165, 1.54) is 12.1 Å². The Kier molecular flexibility index (Phi) is 5.11. The van der Waals surface area contributed by atoms with Crippen molar-refractivity contribution in [3.8, 4) is 0 Å². The van der Waals surface area contributed by atoms with Gasteiger partial charge in [-0.15, -0.1) is 11.3 Å². The number of benzene rings is 1. The van der Waals surface area contributed by atoms with Gasteiger partial charge in [0.05, 0.1) is 9.90 Å². The average molecular weight is 365 g/mol. The maximum Gasteiger partial charge on any atom is 0.330 e. The maximum absolute atomic E-state index is 12.1. The van der Waals surface area contributed by atoms with E-state index in [1.54, 1.807) is 18.2 Å². The van der Waals surface area contributed by atoms with E-state index in [1.807, 2.05) is 0 Å². The fraction of sp³-hybridized carbons (Fsp3) is 0.0769. The van der Waals surface area contributed by atoms with Gasteiger partial charge in [-0.05, 0) is 12.1 Å². The van der Waals surface area contributed by atoms with Crippen molar-refractivity contribution in [1.82, 2.24) is 5.32 Å². The Bertz CT molecular complexity index is 702. The van der Waals surface area contributed by atoms with Crippen LogP contribution in [-0.2, 0) is 4.79 Å². The second kappa shape index (κ2) is 6.66. The Morgan fingerprint density at radius 3 is 2.38 bits per heavy atom. The summed E-state index contributed by atoms with van der Waals surface area (Å²) in [6, 6.07) is 6.49. The maximum atomic E-state index is 12.1. The minimum Gasteiger partial charge on any atom is -0.479 e. The smallest absolute Gasteiger partial charge is 0.330 e. The Morgan fingerprint density at radius 1 is 1.19 bits per heavy atom. The molecule has 1 atom stereocenters. The van der Waals surface area contributed by atoms with Crippen LogP contribution in [0.25, 0.3) is 0 Å². The van der Waals surface area contributed by atoms with Gasteiger partial charge in [-0.1, -0.05) is 53.0 Å². The van der Waals surface area contributed by atoms with Crippen LogP contribution in [0.5, 0.6) is 0 Å². The number of thiophene rings is 1. The van der Waals surface area contributed by atoms with Crippen molar-refractivity contribution in [2.75, 3.05) is 0 Å². The Morgan fingerprint density at radius 2 is 1.86 bits per heavy atom. The van der Waals surface area contributed by atoms with Crippen LogP contribution in [0.4, 0.5) is 0 Å². The number of carboxylic acid groups (broad SMARTS) is 1. The van der Waals surface area contributed by atoms with E-state index < -0.39 is 17.9 Å². The fourth-order valence-electron chi connectivity index (χ4n) is 1.69. The van der Waals surface area contributed by atoms with Gasteiger partial charge in [-0.3, -0.25) is 4.79 Å². The van der Waals surface area contributed by atoms with Gasteiger partial charge in [-0.2, -0.15) is 0 Å². The molecular formula is C13H8Cl3NO3S. The van der Waals surface area contributed by atoms with Crippen LogP contribution in [0.1, 0.15) is 22.0 Å². The molecule has 0 aliphatic heterocycles. The number of carboxylic acids is 1. The number of nitrogens with one attached hydrogen (secondary N) is 1. The Balaban J connectivity index is 2.29. The van der Waals surface area contributed by atoms with Crippen LogP contribution >= 0.6 is 46.1 Å². The summed E-state index contributed by atoms with van der Waals surface area (Å²) in [7, 11) is 0. The van der Waals surface area contributed by atoms with Crippen molar-refractivity contribution in [3.63, 3.8) is 0 Å². The summed E-state index contributed by atoms with van der Waals surface area (Å²) in [6.07, 6.45) is 0. The third kappa shape index (κ3) is 3.68. The lowest BCUT2D eigenvalue weighted by Gasteiger charge is -2.15. The summed E-state index contributed by atoms with van der Waals surface area (Å²) in [5, 5.41) is 11.9. The highest BCUT2D eigenvalue weighted by Crippen LogP contribution is 2.32.